The first kappa shape index (κ1) is 10.9. The number of aryl methyl sites for hydroxylation is 1. The van der Waals surface area contributed by atoms with Crippen molar-refractivity contribution in [3.63, 3.8) is 0 Å². The van der Waals surface area contributed by atoms with Crippen molar-refractivity contribution < 1.29 is 4.42 Å². The quantitative estimate of drug-likeness (QED) is 0.750. The highest BCUT2D eigenvalue weighted by Gasteiger charge is 2.12. The standard InChI is InChI=1S/C12H13N5O/c1-8-3-2-4-9-11(8)18-12(14-9)10-7-17(6-5-13)16-15-10/h2-4,7H,5-6,13H2,1H3. The predicted molar refractivity (Wildman–Crippen MR) is 66.8 cm³/mol. The molecule has 2 N–H and O–H groups in total. The molecule has 1 aromatic carbocycles. The van der Waals surface area contributed by atoms with Crippen molar-refractivity contribution in [2.75, 3.05) is 6.54 Å². The molecular formula is C12H13N5O. The SMILES string of the molecule is Cc1cccc2nc(-c3cn(CCN)nn3)oc12. The Labute approximate surface area is 103 Å². The summed E-state index contributed by atoms with van der Waals surface area (Å²) in [5.41, 5.74) is 8.77. The first-order valence-corrected chi connectivity index (χ1v) is 5.74. The number of aromatic nitrogens is 4. The summed E-state index contributed by atoms with van der Waals surface area (Å²) in [4.78, 5) is 4.40. The number of hydrogen-bond acceptors (Lipinski definition) is 5. The zero-order chi connectivity index (χ0) is 12.5. The first-order valence-electron chi connectivity index (χ1n) is 5.74. The minimum atomic E-state index is 0.488. The highest BCUT2D eigenvalue weighted by Crippen LogP contribution is 2.24. The molecule has 3 rings (SSSR count). The van der Waals surface area contributed by atoms with E-state index in [-0.39, 0.29) is 0 Å². The van der Waals surface area contributed by atoms with Crippen LogP contribution in [-0.4, -0.2) is 26.5 Å². The molecular weight excluding hydrogens is 230 g/mol. The van der Waals surface area contributed by atoms with Gasteiger partial charge in [-0.25, -0.2) is 4.98 Å². The monoisotopic (exact) mass is 243 g/mol. The van der Waals surface area contributed by atoms with Crippen LogP contribution >= 0.6 is 0 Å². The summed E-state index contributed by atoms with van der Waals surface area (Å²) < 4.78 is 7.40. The zero-order valence-electron chi connectivity index (χ0n) is 10.00. The molecule has 6 heteroatoms. The fraction of sp³-hybridized carbons (Fsp3) is 0.250. The van der Waals surface area contributed by atoms with Gasteiger partial charge in [0.25, 0.3) is 0 Å². The van der Waals surface area contributed by atoms with Crippen molar-refractivity contribution in [3.05, 3.63) is 30.0 Å². The second-order valence-electron chi connectivity index (χ2n) is 4.10. The molecule has 6 nitrogen and oxygen atoms in total. The van der Waals surface area contributed by atoms with Crippen LogP contribution in [0.2, 0.25) is 0 Å². The van der Waals surface area contributed by atoms with E-state index in [1.807, 2.05) is 25.1 Å². The Balaban J connectivity index is 2.05. The Morgan fingerprint density at radius 2 is 2.28 bits per heavy atom. The van der Waals surface area contributed by atoms with Crippen LogP contribution in [-0.2, 0) is 6.54 Å². The average molecular weight is 243 g/mol. The van der Waals surface area contributed by atoms with Gasteiger partial charge in [-0.2, -0.15) is 0 Å². The molecule has 0 saturated carbocycles. The van der Waals surface area contributed by atoms with Crippen LogP contribution in [0.3, 0.4) is 0 Å². The van der Waals surface area contributed by atoms with Crippen molar-refractivity contribution >= 4 is 11.1 Å². The Bertz CT molecular complexity index is 685. The molecule has 0 fully saturated rings. The van der Waals surface area contributed by atoms with Crippen LogP contribution in [0.25, 0.3) is 22.7 Å². The van der Waals surface area contributed by atoms with Gasteiger partial charge in [-0.15, -0.1) is 5.10 Å². The molecule has 2 aromatic heterocycles. The van der Waals surface area contributed by atoms with Crippen LogP contribution in [0.15, 0.2) is 28.8 Å². The van der Waals surface area contributed by atoms with E-state index in [4.69, 9.17) is 10.2 Å². The number of rotatable bonds is 3. The van der Waals surface area contributed by atoms with Crippen LogP contribution < -0.4 is 5.73 Å². The number of para-hydroxylation sites is 1. The van der Waals surface area contributed by atoms with Gasteiger partial charge in [0.1, 0.15) is 5.52 Å². The van der Waals surface area contributed by atoms with Gasteiger partial charge in [0.05, 0.1) is 12.7 Å². The number of hydrogen-bond donors (Lipinski definition) is 1. The Hall–Kier alpha value is -2.21. The summed E-state index contributed by atoms with van der Waals surface area (Å²) >= 11 is 0. The predicted octanol–water partition coefficient (Wildman–Crippen LogP) is 1.35. The van der Waals surface area contributed by atoms with Gasteiger partial charge in [-0.1, -0.05) is 17.3 Å². The first-order chi connectivity index (χ1) is 8.78. The van der Waals surface area contributed by atoms with E-state index in [2.05, 4.69) is 15.3 Å². The molecule has 92 valence electrons. The van der Waals surface area contributed by atoms with Gasteiger partial charge in [-0.3, -0.25) is 4.68 Å². The molecule has 0 unspecified atom stereocenters. The summed E-state index contributed by atoms with van der Waals surface area (Å²) in [5.74, 6) is 0.488. The normalized spacial score (nSPS) is 11.2. The van der Waals surface area contributed by atoms with Crippen molar-refractivity contribution in [1.29, 1.82) is 0 Å². The molecule has 18 heavy (non-hydrogen) atoms. The Morgan fingerprint density at radius 1 is 1.39 bits per heavy atom. The third-order valence-electron chi connectivity index (χ3n) is 2.73. The lowest BCUT2D eigenvalue weighted by molar-refractivity contribution is 0.598. The highest BCUT2D eigenvalue weighted by atomic mass is 16.3. The minimum absolute atomic E-state index is 0.488. The van der Waals surface area contributed by atoms with Crippen LogP contribution in [0.1, 0.15) is 5.56 Å². The lowest BCUT2D eigenvalue weighted by atomic mass is 10.2. The molecule has 2 heterocycles. The number of fused-ring (bicyclic) bond motifs is 1. The van der Waals surface area contributed by atoms with Gasteiger partial charge >= 0.3 is 0 Å². The molecule has 0 amide bonds. The maximum atomic E-state index is 5.72. The summed E-state index contributed by atoms with van der Waals surface area (Å²) in [6, 6.07) is 5.86. The third-order valence-corrected chi connectivity index (χ3v) is 2.73. The largest absolute Gasteiger partial charge is 0.434 e. The van der Waals surface area contributed by atoms with Gasteiger partial charge in [0.2, 0.25) is 5.89 Å². The van der Waals surface area contributed by atoms with E-state index in [0.29, 0.717) is 24.7 Å². The maximum absolute atomic E-state index is 5.72. The molecule has 0 aliphatic heterocycles. The van der Waals surface area contributed by atoms with Crippen molar-refractivity contribution in [2.24, 2.45) is 5.73 Å². The van der Waals surface area contributed by atoms with Gasteiger partial charge < -0.3 is 10.2 Å². The maximum Gasteiger partial charge on any atom is 0.249 e. The molecule has 0 aliphatic rings. The molecule has 0 saturated heterocycles. The van der Waals surface area contributed by atoms with Crippen LogP contribution in [0.5, 0.6) is 0 Å². The van der Waals surface area contributed by atoms with E-state index in [1.165, 1.54) is 0 Å². The van der Waals surface area contributed by atoms with E-state index >= 15 is 0 Å². The molecule has 0 spiro atoms. The number of oxazole rings is 1. The van der Waals surface area contributed by atoms with E-state index < -0.39 is 0 Å². The Kier molecular flexibility index (Phi) is 2.56. The van der Waals surface area contributed by atoms with Crippen LogP contribution in [0.4, 0.5) is 0 Å². The second kappa shape index (κ2) is 4.23. The number of nitrogens with zero attached hydrogens (tertiary/aromatic N) is 4. The Morgan fingerprint density at radius 3 is 3.06 bits per heavy atom. The summed E-state index contributed by atoms with van der Waals surface area (Å²) in [7, 11) is 0. The zero-order valence-corrected chi connectivity index (χ0v) is 10.00. The van der Waals surface area contributed by atoms with Gasteiger partial charge in [0, 0.05) is 6.54 Å². The summed E-state index contributed by atoms with van der Waals surface area (Å²) in [5, 5.41) is 7.99. The van der Waals surface area contributed by atoms with Crippen molar-refractivity contribution in [1.82, 2.24) is 20.0 Å². The fourth-order valence-electron chi connectivity index (χ4n) is 1.83. The third kappa shape index (κ3) is 1.76. The molecule has 0 aliphatic carbocycles. The number of benzene rings is 1. The number of nitrogens with two attached hydrogens (primary N) is 1. The minimum Gasteiger partial charge on any atom is -0.434 e. The molecule has 0 radical (unpaired) electrons. The topological polar surface area (TPSA) is 82.8 Å². The fourth-order valence-corrected chi connectivity index (χ4v) is 1.83. The lowest BCUT2D eigenvalue weighted by Crippen LogP contribution is -2.10. The van der Waals surface area contributed by atoms with Gasteiger partial charge in [0.15, 0.2) is 11.3 Å². The smallest absolute Gasteiger partial charge is 0.249 e. The molecule has 0 atom stereocenters. The van der Waals surface area contributed by atoms with E-state index in [0.717, 1.165) is 16.7 Å². The summed E-state index contributed by atoms with van der Waals surface area (Å²) in [6.07, 6.45) is 1.78. The molecule has 0 bridgehead atoms. The lowest BCUT2D eigenvalue weighted by Gasteiger charge is -1.92. The van der Waals surface area contributed by atoms with Crippen molar-refractivity contribution in [2.45, 2.75) is 13.5 Å². The van der Waals surface area contributed by atoms with Gasteiger partial charge in [-0.05, 0) is 18.6 Å². The highest BCUT2D eigenvalue weighted by molar-refractivity contribution is 5.78. The average Bonchev–Trinajstić information content (AvgIpc) is 2.96. The molecule has 3 aromatic rings. The van der Waals surface area contributed by atoms with E-state index in [1.54, 1.807) is 10.9 Å². The second-order valence-corrected chi connectivity index (χ2v) is 4.10. The van der Waals surface area contributed by atoms with E-state index in [9.17, 15) is 0 Å². The summed E-state index contributed by atoms with van der Waals surface area (Å²) in [6.45, 7) is 3.14. The van der Waals surface area contributed by atoms with Crippen molar-refractivity contribution in [3.8, 4) is 11.6 Å². The van der Waals surface area contributed by atoms with Crippen LogP contribution in [0, 0.1) is 6.92 Å².